The first-order chi connectivity index (χ1) is 17.8. The molecule has 0 unspecified atom stereocenters. The van der Waals surface area contributed by atoms with E-state index in [1.807, 2.05) is 19.2 Å². The number of carbonyl (C=O) groups is 1. The second kappa shape index (κ2) is 9.90. The molecule has 1 amide bonds. The van der Waals surface area contributed by atoms with Gasteiger partial charge >= 0.3 is 0 Å². The molecular weight excluding hydrogens is 493 g/mol. The number of benzene rings is 3. The molecule has 0 fully saturated rings. The van der Waals surface area contributed by atoms with E-state index >= 15 is 0 Å². The predicted molar refractivity (Wildman–Crippen MR) is 141 cm³/mol. The van der Waals surface area contributed by atoms with E-state index in [0.717, 1.165) is 10.6 Å². The molecule has 0 aliphatic carbocycles. The molecule has 3 aromatic carbocycles. The lowest BCUT2D eigenvalue weighted by molar-refractivity contribution is 0.102. The predicted octanol–water partition coefficient (Wildman–Crippen LogP) is 5.33. The summed E-state index contributed by atoms with van der Waals surface area (Å²) in [5.74, 6) is 0.261. The number of rotatable bonds is 6. The standard InChI is InChI=1S/C27H22FN5O3S/c1-16-4-7-18(12-24(16)36-20-10-11-22-21(13-20)27(35)32(2)15-29-22)30-26(34)23-14-25(37-3)33(31-23)19-8-5-17(28)6-9-19/h4-15H,1-3H3,(H,30,34). The van der Waals surface area contributed by atoms with Crippen LogP contribution in [0.2, 0.25) is 0 Å². The Kier molecular flexibility index (Phi) is 6.49. The Morgan fingerprint density at radius 2 is 1.84 bits per heavy atom. The largest absolute Gasteiger partial charge is 0.457 e. The average molecular weight is 516 g/mol. The van der Waals surface area contributed by atoms with Gasteiger partial charge in [-0.2, -0.15) is 5.10 Å². The topological polar surface area (TPSA) is 91.0 Å². The Labute approximate surface area is 215 Å². The SMILES string of the molecule is CSc1cc(C(=O)Nc2ccc(C)c(Oc3ccc4ncn(C)c(=O)c4c3)c2)nn1-c1ccc(F)cc1. The molecule has 0 aliphatic rings. The average Bonchev–Trinajstić information content (AvgIpc) is 3.34. The zero-order chi connectivity index (χ0) is 26.1. The molecule has 0 aliphatic heterocycles. The van der Waals surface area contributed by atoms with Crippen LogP contribution in [0.4, 0.5) is 10.1 Å². The molecule has 8 nitrogen and oxygen atoms in total. The highest BCUT2D eigenvalue weighted by atomic mass is 32.2. The smallest absolute Gasteiger partial charge is 0.276 e. The van der Waals surface area contributed by atoms with Gasteiger partial charge in [0.05, 0.1) is 22.9 Å². The molecule has 2 heterocycles. The molecule has 186 valence electrons. The van der Waals surface area contributed by atoms with Crippen molar-refractivity contribution >= 4 is 34.3 Å². The molecule has 5 aromatic rings. The fourth-order valence-electron chi connectivity index (χ4n) is 3.75. The van der Waals surface area contributed by atoms with E-state index < -0.39 is 5.91 Å². The normalized spacial score (nSPS) is 11.0. The van der Waals surface area contributed by atoms with Crippen molar-refractivity contribution < 1.29 is 13.9 Å². The van der Waals surface area contributed by atoms with Crippen molar-refractivity contribution in [2.24, 2.45) is 7.05 Å². The first-order valence-electron chi connectivity index (χ1n) is 11.3. The number of nitrogens with one attached hydrogen (secondary N) is 1. The minimum absolute atomic E-state index is 0.169. The number of hydrogen-bond donors (Lipinski definition) is 1. The monoisotopic (exact) mass is 515 g/mol. The summed E-state index contributed by atoms with van der Waals surface area (Å²) in [4.78, 5) is 29.7. The highest BCUT2D eigenvalue weighted by Crippen LogP contribution is 2.30. The number of anilines is 1. The fraction of sp³-hybridized carbons (Fsp3) is 0.111. The van der Waals surface area contributed by atoms with Gasteiger partial charge < -0.3 is 14.6 Å². The highest BCUT2D eigenvalue weighted by molar-refractivity contribution is 7.98. The molecule has 2 aromatic heterocycles. The summed E-state index contributed by atoms with van der Waals surface area (Å²) < 4.78 is 22.4. The Morgan fingerprint density at radius 3 is 2.59 bits per heavy atom. The van der Waals surface area contributed by atoms with E-state index in [0.29, 0.717) is 33.8 Å². The number of aryl methyl sites for hydroxylation is 2. The third kappa shape index (κ3) is 4.96. The molecule has 10 heteroatoms. The minimum atomic E-state index is -0.397. The highest BCUT2D eigenvalue weighted by Gasteiger charge is 2.16. The number of nitrogens with zero attached hydrogens (tertiary/aromatic N) is 4. The number of thioether (sulfide) groups is 1. The van der Waals surface area contributed by atoms with Crippen molar-refractivity contribution in [1.29, 1.82) is 0 Å². The molecule has 5 rings (SSSR count). The van der Waals surface area contributed by atoms with Gasteiger partial charge in [-0.25, -0.2) is 14.1 Å². The third-order valence-electron chi connectivity index (χ3n) is 5.75. The van der Waals surface area contributed by atoms with Crippen molar-refractivity contribution in [2.75, 3.05) is 11.6 Å². The molecule has 0 spiro atoms. The number of halogens is 1. The van der Waals surface area contributed by atoms with Crippen LogP contribution in [0.1, 0.15) is 16.1 Å². The lowest BCUT2D eigenvalue weighted by Crippen LogP contribution is -2.16. The van der Waals surface area contributed by atoms with Gasteiger partial charge in [0, 0.05) is 24.9 Å². The van der Waals surface area contributed by atoms with Gasteiger partial charge in [-0.15, -0.1) is 11.8 Å². The first kappa shape index (κ1) is 24.3. The molecule has 0 saturated carbocycles. The van der Waals surface area contributed by atoms with Crippen LogP contribution in [0.5, 0.6) is 11.5 Å². The van der Waals surface area contributed by atoms with Gasteiger partial charge in [-0.1, -0.05) is 6.07 Å². The minimum Gasteiger partial charge on any atom is -0.457 e. The van der Waals surface area contributed by atoms with Crippen LogP contribution in [-0.2, 0) is 7.05 Å². The van der Waals surface area contributed by atoms with Crippen LogP contribution in [0.3, 0.4) is 0 Å². The number of fused-ring (bicyclic) bond motifs is 1. The van der Waals surface area contributed by atoms with E-state index in [-0.39, 0.29) is 17.1 Å². The summed E-state index contributed by atoms with van der Waals surface area (Å²) in [5, 5.41) is 8.46. The Hall–Kier alpha value is -4.44. The van der Waals surface area contributed by atoms with Crippen LogP contribution in [0.15, 0.2) is 82.9 Å². The van der Waals surface area contributed by atoms with E-state index in [1.165, 1.54) is 34.8 Å². The van der Waals surface area contributed by atoms with E-state index in [1.54, 1.807) is 60.3 Å². The number of carbonyl (C=O) groups excluding carboxylic acids is 1. The molecule has 0 bridgehead atoms. The van der Waals surface area contributed by atoms with Gasteiger partial charge in [0.1, 0.15) is 22.3 Å². The van der Waals surface area contributed by atoms with Gasteiger partial charge in [0.25, 0.3) is 11.5 Å². The summed E-state index contributed by atoms with van der Waals surface area (Å²) in [7, 11) is 1.64. The summed E-state index contributed by atoms with van der Waals surface area (Å²) in [6, 6.07) is 18.0. The van der Waals surface area contributed by atoms with Crippen molar-refractivity contribution in [3.63, 3.8) is 0 Å². The van der Waals surface area contributed by atoms with Gasteiger partial charge in [0.15, 0.2) is 5.69 Å². The molecule has 0 atom stereocenters. The lowest BCUT2D eigenvalue weighted by Gasteiger charge is -2.12. The van der Waals surface area contributed by atoms with Crippen LogP contribution in [-0.4, -0.2) is 31.5 Å². The van der Waals surface area contributed by atoms with Gasteiger partial charge in [0.2, 0.25) is 0 Å². The zero-order valence-corrected chi connectivity index (χ0v) is 21.0. The maximum Gasteiger partial charge on any atom is 0.276 e. The van der Waals surface area contributed by atoms with E-state index in [9.17, 15) is 14.0 Å². The summed E-state index contributed by atoms with van der Waals surface area (Å²) in [5.41, 5.74) is 2.65. The van der Waals surface area contributed by atoms with Gasteiger partial charge in [-0.3, -0.25) is 9.59 Å². The molecule has 37 heavy (non-hydrogen) atoms. The lowest BCUT2D eigenvalue weighted by atomic mass is 10.2. The second-order valence-electron chi connectivity index (χ2n) is 8.34. The number of ether oxygens (including phenoxy) is 1. The maximum atomic E-state index is 13.3. The number of hydrogen-bond acceptors (Lipinski definition) is 6. The van der Waals surface area contributed by atoms with Crippen molar-refractivity contribution in [2.45, 2.75) is 11.9 Å². The summed E-state index contributed by atoms with van der Waals surface area (Å²) in [6.07, 6.45) is 3.35. The summed E-state index contributed by atoms with van der Waals surface area (Å²) in [6.45, 7) is 1.89. The van der Waals surface area contributed by atoms with E-state index in [4.69, 9.17) is 4.74 Å². The van der Waals surface area contributed by atoms with E-state index in [2.05, 4.69) is 15.4 Å². The van der Waals surface area contributed by atoms with Crippen LogP contribution in [0.25, 0.3) is 16.6 Å². The number of aromatic nitrogens is 4. The Bertz CT molecular complexity index is 1700. The first-order valence-corrected chi connectivity index (χ1v) is 12.5. The van der Waals surface area contributed by atoms with Crippen LogP contribution < -0.4 is 15.6 Å². The number of amides is 1. The van der Waals surface area contributed by atoms with Crippen LogP contribution >= 0.6 is 11.8 Å². The van der Waals surface area contributed by atoms with Crippen molar-refractivity contribution in [3.8, 4) is 17.2 Å². The third-order valence-corrected chi connectivity index (χ3v) is 6.46. The quantitative estimate of drug-likeness (QED) is 0.307. The van der Waals surface area contributed by atoms with Crippen molar-refractivity contribution in [3.05, 3.63) is 100 Å². The molecule has 1 N–H and O–H groups in total. The van der Waals surface area contributed by atoms with Crippen LogP contribution in [0, 0.1) is 12.7 Å². The molecule has 0 radical (unpaired) electrons. The molecule has 0 saturated heterocycles. The van der Waals surface area contributed by atoms with Crippen molar-refractivity contribution in [1.82, 2.24) is 19.3 Å². The Morgan fingerprint density at radius 1 is 1.05 bits per heavy atom. The Balaban J connectivity index is 1.39. The summed E-state index contributed by atoms with van der Waals surface area (Å²) >= 11 is 1.43. The fourth-order valence-corrected chi connectivity index (χ4v) is 4.30. The second-order valence-corrected chi connectivity index (χ2v) is 9.16. The maximum absolute atomic E-state index is 13.3. The zero-order valence-electron chi connectivity index (χ0n) is 20.2. The van der Waals surface area contributed by atoms with Gasteiger partial charge in [-0.05, 0) is 67.3 Å². The molecular formula is C27H22FN5O3S.